The van der Waals surface area contributed by atoms with Crippen molar-refractivity contribution in [2.24, 2.45) is 0 Å². The van der Waals surface area contributed by atoms with Crippen LogP contribution in [0.15, 0.2) is 42.5 Å². The Bertz CT molecular complexity index is 1040. The van der Waals surface area contributed by atoms with E-state index in [1.165, 1.54) is 18.2 Å². The monoisotopic (exact) mass is 456 g/mol. The number of carbonyl (C=O) groups excluding carboxylic acids is 1. The second-order valence-electron chi connectivity index (χ2n) is 7.59. The first-order chi connectivity index (χ1) is 13.5. The number of amides is 1. The Labute approximate surface area is 180 Å². The number of carbonyl (C=O) groups is 1. The molecule has 1 aliphatic rings. The fraction of sp³-hybridized carbons (Fsp3) is 0.350. The van der Waals surface area contributed by atoms with Gasteiger partial charge in [-0.3, -0.25) is 9.10 Å². The Morgan fingerprint density at radius 2 is 1.93 bits per heavy atom. The number of hydrogen-bond acceptors (Lipinski definition) is 4. The fourth-order valence-corrected chi connectivity index (χ4v) is 4.79. The first-order valence-corrected chi connectivity index (χ1v) is 11.6. The predicted octanol–water partition coefficient (Wildman–Crippen LogP) is 4.18. The second kappa shape index (κ2) is 8.05. The molecule has 1 N–H and O–H groups in total. The molecule has 29 heavy (non-hydrogen) atoms. The molecular weight excluding hydrogens is 435 g/mol. The average molecular weight is 457 g/mol. The summed E-state index contributed by atoms with van der Waals surface area (Å²) in [5.41, 5.74) is 0.583. The number of benzene rings is 2. The molecular formula is C20H22Cl2N2O4S. The Kier molecular flexibility index (Phi) is 6.03. The van der Waals surface area contributed by atoms with Crippen LogP contribution in [0.25, 0.3) is 0 Å². The Morgan fingerprint density at radius 1 is 1.24 bits per heavy atom. The normalized spacial score (nSPS) is 17.8. The largest absolute Gasteiger partial charge is 0.487 e. The lowest BCUT2D eigenvalue weighted by Gasteiger charge is -2.38. The first-order valence-electron chi connectivity index (χ1n) is 8.96. The fourth-order valence-electron chi connectivity index (χ4n) is 3.37. The van der Waals surface area contributed by atoms with Gasteiger partial charge in [-0.25, -0.2) is 8.42 Å². The molecule has 6 nitrogen and oxygen atoms in total. The molecule has 0 fully saturated rings. The van der Waals surface area contributed by atoms with Crippen molar-refractivity contribution in [3.63, 3.8) is 0 Å². The van der Waals surface area contributed by atoms with Gasteiger partial charge in [-0.2, -0.15) is 0 Å². The molecule has 2 aromatic rings. The summed E-state index contributed by atoms with van der Waals surface area (Å²) in [4.78, 5) is 12.8. The number of fused-ring (bicyclic) bond motifs is 1. The van der Waals surface area contributed by atoms with E-state index in [9.17, 15) is 13.2 Å². The van der Waals surface area contributed by atoms with Crippen LogP contribution in [0.4, 0.5) is 5.69 Å². The van der Waals surface area contributed by atoms with Crippen molar-refractivity contribution in [2.75, 3.05) is 17.1 Å². The summed E-state index contributed by atoms with van der Waals surface area (Å²) in [5.74, 6) is 0.258. The molecule has 156 valence electrons. The SMILES string of the molecule is CC1(C)CC(NC(=O)CN(c2ccc(Cl)cc2Cl)S(C)(=O)=O)c2ccccc2O1. The van der Waals surface area contributed by atoms with Gasteiger partial charge < -0.3 is 10.1 Å². The van der Waals surface area contributed by atoms with Gasteiger partial charge >= 0.3 is 0 Å². The van der Waals surface area contributed by atoms with Gasteiger partial charge in [0.1, 0.15) is 17.9 Å². The summed E-state index contributed by atoms with van der Waals surface area (Å²) in [7, 11) is -3.75. The van der Waals surface area contributed by atoms with Crippen molar-refractivity contribution in [2.45, 2.75) is 31.9 Å². The van der Waals surface area contributed by atoms with Crippen LogP contribution in [0.3, 0.4) is 0 Å². The molecule has 0 aliphatic carbocycles. The smallest absolute Gasteiger partial charge is 0.241 e. The zero-order valence-electron chi connectivity index (χ0n) is 16.3. The minimum Gasteiger partial charge on any atom is -0.487 e. The maximum atomic E-state index is 12.8. The van der Waals surface area contributed by atoms with E-state index < -0.39 is 28.1 Å². The number of hydrogen-bond donors (Lipinski definition) is 1. The molecule has 0 saturated carbocycles. The number of nitrogens with one attached hydrogen (secondary N) is 1. The lowest BCUT2D eigenvalue weighted by Crippen LogP contribution is -2.45. The van der Waals surface area contributed by atoms with Gasteiger partial charge in [0.2, 0.25) is 15.9 Å². The van der Waals surface area contributed by atoms with Gasteiger partial charge in [-0.15, -0.1) is 0 Å². The third kappa shape index (κ3) is 5.15. The highest BCUT2D eigenvalue weighted by Crippen LogP contribution is 2.39. The number of halogens is 2. The summed E-state index contributed by atoms with van der Waals surface area (Å²) >= 11 is 12.1. The van der Waals surface area contributed by atoms with Crippen LogP contribution in [-0.4, -0.2) is 32.7 Å². The summed E-state index contributed by atoms with van der Waals surface area (Å²) in [6.07, 6.45) is 1.58. The molecule has 1 heterocycles. The molecule has 1 atom stereocenters. The van der Waals surface area contributed by atoms with Gasteiger partial charge in [-0.05, 0) is 38.1 Å². The highest BCUT2D eigenvalue weighted by Gasteiger charge is 2.35. The van der Waals surface area contributed by atoms with Gasteiger partial charge in [-0.1, -0.05) is 41.4 Å². The third-order valence-electron chi connectivity index (χ3n) is 4.58. The number of nitrogens with zero attached hydrogens (tertiary/aromatic N) is 1. The highest BCUT2D eigenvalue weighted by molar-refractivity contribution is 7.92. The molecule has 9 heteroatoms. The van der Waals surface area contributed by atoms with E-state index in [2.05, 4.69) is 5.32 Å². The van der Waals surface area contributed by atoms with Crippen LogP contribution in [-0.2, 0) is 14.8 Å². The highest BCUT2D eigenvalue weighted by atomic mass is 35.5. The van der Waals surface area contributed by atoms with Crippen molar-refractivity contribution in [3.05, 3.63) is 58.1 Å². The minimum absolute atomic E-state index is 0.147. The third-order valence-corrected chi connectivity index (χ3v) is 6.24. The summed E-state index contributed by atoms with van der Waals surface area (Å²) in [6.45, 7) is 3.48. The van der Waals surface area contributed by atoms with Crippen molar-refractivity contribution in [1.29, 1.82) is 0 Å². The average Bonchev–Trinajstić information content (AvgIpc) is 2.58. The summed E-state index contributed by atoms with van der Waals surface area (Å²) < 4.78 is 31.6. The zero-order chi connectivity index (χ0) is 21.4. The Balaban J connectivity index is 1.84. The zero-order valence-corrected chi connectivity index (χ0v) is 18.6. The lowest BCUT2D eigenvalue weighted by molar-refractivity contribution is -0.120. The van der Waals surface area contributed by atoms with Gasteiger partial charge in [0, 0.05) is 17.0 Å². The molecule has 1 aliphatic heterocycles. The van der Waals surface area contributed by atoms with E-state index in [1.807, 2.05) is 38.1 Å². The van der Waals surface area contributed by atoms with E-state index in [-0.39, 0.29) is 16.8 Å². The Hall–Kier alpha value is -1.96. The van der Waals surface area contributed by atoms with Crippen LogP contribution < -0.4 is 14.4 Å². The van der Waals surface area contributed by atoms with Crippen LogP contribution in [0.2, 0.25) is 10.0 Å². The van der Waals surface area contributed by atoms with E-state index >= 15 is 0 Å². The second-order valence-corrected chi connectivity index (χ2v) is 10.3. The van der Waals surface area contributed by atoms with Crippen LogP contribution in [0.1, 0.15) is 31.9 Å². The first kappa shape index (κ1) is 21.7. The van der Waals surface area contributed by atoms with Crippen LogP contribution in [0, 0.1) is 0 Å². The lowest BCUT2D eigenvalue weighted by atomic mass is 9.89. The molecule has 0 bridgehead atoms. The van der Waals surface area contributed by atoms with E-state index in [1.54, 1.807) is 0 Å². The number of sulfonamides is 1. The van der Waals surface area contributed by atoms with Crippen molar-refractivity contribution in [3.8, 4) is 5.75 Å². The maximum Gasteiger partial charge on any atom is 0.241 e. The summed E-state index contributed by atoms with van der Waals surface area (Å²) in [6, 6.07) is 11.6. The topological polar surface area (TPSA) is 75.7 Å². The molecule has 0 aromatic heterocycles. The number of ether oxygens (including phenoxy) is 1. The quantitative estimate of drug-likeness (QED) is 0.731. The van der Waals surface area contributed by atoms with Crippen molar-refractivity contribution < 1.29 is 17.9 Å². The minimum atomic E-state index is -3.75. The molecule has 2 aromatic carbocycles. The molecule has 1 unspecified atom stereocenters. The van der Waals surface area contributed by atoms with E-state index in [0.717, 1.165) is 16.1 Å². The van der Waals surface area contributed by atoms with Crippen LogP contribution >= 0.6 is 23.2 Å². The standard InChI is InChI=1S/C20H22Cl2N2O4S/c1-20(2)11-16(14-6-4-5-7-18(14)28-20)23-19(25)12-24(29(3,26)27)17-9-8-13(21)10-15(17)22/h4-10,16H,11-12H2,1-3H3,(H,23,25). The van der Waals surface area contributed by atoms with E-state index in [0.29, 0.717) is 17.2 Å². The maximum absolute atomic E-state index is 12.8. The van der Waals surface area contributed by atoms with Gasteiger partial charge in [0.05, 0.1) is 23.0 Å². The van der Waals surface area contributed by atoms with Gasteiger partial charge in [0.15, 0.2) is 0 Å². The summed E-state index contributed by atoms with van der Waals surface area (Å²) in [5, 5.41) is 3.46. The van der Waals surface area contributed by atoms with E-state index in [4.69, 9.17) is 27.9 Å². The van der Waals surface area contributed by atoms with Crippen molar-refractivity contribution >= 4 is 44.8 Å². The van der Waals surface area contributed by atoms with Crippen molar-refractivity contribution in [1.82, 2.24) is 5.32 Å². The molecule has 0 spiro atoms. The number of anilines is 1. The Morgan fingerprint density at radius 3 is 2.59 bits per heavy atom. The number of rotatable bonds is 5. The molecule has 1 amide bonds. The van der Waals surface area contributed by atoms with Crippen LogP contribution in [0.5, 0.6) is 5.75 Å². The van der Waals surface area contributed by atoms with Gasteiger partial charge in [0.25, 0.3) is 0 Å². The molecule has 0 saturated heterocycles. The molecule has 3 rings (SSSR count). The predicted molar refractivity (Wildman–Crippen MR) is 115 cm³/mol. The number of para-hydroxylation sites is 1. The molecule has 0 radical (unpaired) electrons.